The number of hydrogen-bond donors (Lipinski definition) is 0. The minimum Gasteiger partial charge on any atom is -0.335 e. The van der Waals surface area contributed by atoms with Crippen molar-refractivity contribution in [2.24, 2.45) is 23.2 Å². The van der Waals surface area contributed by atoms with Crippen molar-refractivity contribution in [3.63, 3.8) is 0 Å². The van der Waals surface area contributed by atoms with Crippen molar-refractivity contribution in [2.75, 3.05) is 0 Å². The molecule has 1 aromatic rings. The molecule has 0 heterocycles. The van der Waals surface area contributed by atoms with Crippen molar-refractivity contribution >= 4 is 0 Å². The molecule has 232 valence electrons. The second-order valence-electron chi connectivity index (χ2n) is 13.6. The molecule has 3 rings (SSSR count). The van der Waals surface area contributed by atoms with E-state index in [2.05, 4.69) is 140 Å². The lowest BCUT2D eigenvalue weighted by molar-refractivity contribution is 0.216. The number of benzene rings is 1. The van der Waals surface area contributed by atoms with Crippen LogP contribution in [0.4, 0.5) is 0 Å². The average Bonchev–Trinajstić information content (AvgIpc) is 3.30. The highest BCUT2D eigenvalue weighted by Crippen LogP contribution is 2.52. The van der Waals surface area contributed by atoms with E-state index in [1.807, 2.05) is 30.4 Å². The molecule has 0 aromatic heterocycles. The molecule has 3 nitrogen and oxygen atoms in total. The Hall–Kier alpha value is -4.03. The number of allylic oxidation sites excluding steroid dienone is 8. The van der Waals surface area contributed by atoms with Gasteiger partial charge in [-0.25, -0.2) is 0 Å². The van der Waals surface area contributed by atoms with E-state index >= 15 is 0 Å². The molecule has 0 saturated heterocycles. The largest absolute Gasteiger partial charge is 0.335 e. The molecule has 2 aliphatic carbocycles. The van der Waals surface area contributed by atoms with E-state index in [4.69, 9.17) is 0 Å². The molecule has 0 bridgehead atoms. The molecule has 0 radical (unpaired) electrons. The van der Waals surface area contributed by atoms with Crippen LogP contribution in [0.1, 0.15) is 73.8 Å². The second kappa shape index (κ2) is 14.2. The third kappa shape index (κ3) is 6.71. The van der Waals surface area contributed by atoms with Gasteiger partial charge in [-0.15, -0.1) is 6.58 Å². The fourth-order valence-corrected chi connectivity index (χ4v) is 6.22. The first-order valence-corrected chi connectivity index (χ1v) is 16.0. The molecule has 0 saturated carbocycles. The Morgan fingerprint density at radius 3 is 2.25 bits per heavy atom. The molecule has 4 atom stereocenters. The van der Waals surface area contributed by atoms with E-state index in [0.29, 0.717) is 23.1 Å². The van der Waals surface area contributed by atoms with Gasteiger partial charge in [-0.05, 0) is 72.8 Å². The molecular formula is C41H53N3. The topological polar surface area (TPSA) is 30.3 Å². The molecule has 2 aliphatic rings. The molecule has 3 unspecified atom stereocenters. The van der Waals surface area contributed by atoms with Crippen LogP contribution in [-0.4, -0.2) is 15.8 Å². The minimum absolute atomic E-state index is 0.0464. The number of rotatable bonds is 13. The zero-order chi connectivity index (χ0) is 32.8. The molecular weight excluding hydrogens is 534 g/mol. The van der Waals surface area contributed by atoms with E-state index < -0.39 is 5.41 Å². The van der Waals surface area contributed by atoms with Crippen molar-refractivity contribution in [3.8, 4) is 6.07 Å². The van der Waals surface area contributed by atoms with Gasteiger partial charge < -0.3 is 9.80 Å². The molecule has 0 spiro atoms. The van der Waals surface area contributed by atoms with Crippen LogP contribution in [0.15, 0.2) is 139 Å². The summed E-state index contributed by atoms with van der Waals surface area (Å²) in [5.74, 6) is 1.09. The van der Waals surface area contributed by atoms with E-state index in [1.54, 1.807) is 6.08 Å². The quantitative estimate of drug-likeness (QED) is 0.170. The van der Waals surface area contributed by atoms with Gasteiger partial charge in [-0.2, -0.15) is 5.26 Å². The zero-order valence-corrected chi connectivity index (χ0v) is 28.4. The fraction of sp³-hybridized carbons (Fsp3) is 0.390. The monoisotopic (exact) mass is 587 g/mol. The van der Waals surface area contributed by atoms with Crippen LogP contribution in [0, 0.1) is 34.5 Å². The summed E-state index contributed by atoms with van der Waals surface area (Å²) < 4.78 is 0. The first kappa shape index (κ1) is 34.5. The van der Waals surface area contributed by atoms with Crippen molar-refractivity contribution < 1.29 is 0 Å². The predicted octanol–water partition coefficient (Wildman–Crippen LogP) is 10.8. The summed E-state index contributed by atoms with van der Waals surface area (Å²) >= 11 is 0. The Balaban J connectivity index is 2.51. The Labute approximate surface area is 268 Å². The fourth-order valence-electron chi connectivity index (χ4n) is 6.22. The SMILES string of the molecule is C=CC(=C)N(C(=C)/C=C\CC)C1=C(N(C2=CCC(C(C)(C)C)C=C2)C(C=C)[C@@H](C)C(C)C)C(C)(c2ccccc2)C(C#N)=C1. The van der Waals surface area contributed by atoms with Gasteiger partial charge in [-0.3, -0.25) is 0 Å². The van der Waals surface area contributed by atoms with E-state index in [-0.39, 0.29) is 17.4 Å². The van der Waals surface area contributed by atoms with Gasteiger partial charge in [0, 0.05) is 22.7 Å². The third-order valence-electron chi connectivity index (χ3n) is 9.45. The van der Waals surface area contributed by atoms with Crippen molar-refractivity contribution in [1.82, 2.24) is 9.80 Å². The van der Waals surface area contributed by atoms with Crippen LogP contribution >= 0.6 is 0 Å². The van der Waals surface area contributed by atoms with Gasteiger partial charge in [-0.1, -0.05) is 123 Å². The average molecular weight is 588 g/mol. The van der Waals surface area contributed by atoms with Crippen LogP contribution in [-0.2, 0) is 5.41 Å². The maximum Gasteiger partial charge on any atom is 0.0961 e. The highest BCUT2D eigenvalue weighted by Gasteiger charge is 2.48. The van der Waals surface area contributed by atoms with E-state index in [0.717, 1.165) is 41.2 Å². The predicted molar refractivity (Wildman–Crippen MR) is 189 cm³/mol. The summed E-state index contributed by atoms with van der Waals surface area (Å²) in [4.78, 5) is 4.51. The van der Waals surface area contributed by atoms with Gasteiger partial charge in [0.25, 0.3) is 0 Å². The van der Waals surface area contributed by atoms with Gasteiger partial charge in [0.1, 0.15) is 0 Å². The lowest BCUT2D eigenvalue weighted by atomic mass is 9.73. The van der Waals surface area contributed by atoms with Crippen molar-refractivity contribution in [1.29, 1.82) is 5.26 Å². The Morgan fingerprint density at radius 2 is 1.77 bits per heavy atom. The first-order chi connectivity index (χ1) is 20.8. The van der Waals surface area contributed by atoms with Gasteiger partial charge in [0.05, 0.1) is 28.9 Å². The molecule has 0 aliphatic heterocycles. The molecule has 0 amide bonds. The molecule has 44 heavy (non-hydrogen) atoms. The summed E-state index contributed by atoms with van der Waals surface area (Å²) in [5.41, 5.74) is 5.58. The van der Waals surface area contributed by atoms with Crippen LogP contribution in [0.2, 0.25) is 0 Å². The Kier molecular flexibility index (Phi) is 11.1. The van der Waals surface area contributed by atoms with E-state index in [9.17, 15) is 5.26 Å². The summed E-state index contributed by atoms with van der Waals surface area (Å²) in [6, 6.07) is 12.9. The molecule has 0 N–H and O–H groups in total. The number of nitriles is 1. The highest BCUT2D eigenvalue weighted by molar-refractivity contribution is 5.63. The number of nitrogens with zero attached hydrogens (tertiary/aromatic N) is 3. The second-order valence-corrected chi connectivity index (χ2v) is 13.6. The number of hydrogen-bond acceptors (Lipinski definition) is 3. The smallest absolute Gasteiger partial charge is 0.0961 e. The van der Waals surface area contributed by atoms with Crippen LogP contribution in [0.3, 0.4) is 0 Å². The lowest BCUT2D eigenvalue weighted by Gasteiger charge is -2.46. The van der Waals surface area contributed by atoms with E-state index in [1.165, 1.54) is 0 Å². The summed E-state index contributed by atoms with van der Waals surface area (Å²) in [7, 11) is 0. The van der Waals surface area contributed by atoms with Crippen molar-refractivity contribution in [3.05, 3.63) is 145 Å². The Bertz CT molecular complexity index is 1450. The Morgan fingerprint density at radius 1 is 1.11 bits per heavy atom. The summed E-state index contributed by atoms with van der Waals surface area (Å²) in [5, 5.41) is 10.8. The normalized spacial score (nSPS) is 21.4. The lowest BCUT2D eigenvalue weighted by Crippen LogP contribution is -2.45. The van der Waals surface area contributed by atoms with Crippen LogP contribution in [0.5, 0.6) is 0 Å². The molecule has 3 heteroatoms. The maximum absolute atomic E-state index is 10.8. The minimum atomic E-state index is -0.757. The van der Waals surface area contributed by atoms with Gasteiger partial charge in [0.15, 0.2) is 0 Å². The first-order valence-electron chi connectivity index (χ1n) is 16.0. The van der Waals surface area contributed by atoms with Crippen LogP contribution < -0.4 is 0 Å². The maximum atomic E-state index is 10.8. The third-order valence-corrected chi connectivity index (χ3v) is 9.45. The highest BCUT2D eigenvalue weighted by atomic mass is 15.2. The standard InChI is InChI=1S/C41H53N3/c1-13-16-20-31(7)43(30(6)14-2)38-27-35(28-42)41(12,34-21-18-17-19-22-34)39(38)44(37(15-3)32(8)29(4)5)36-25-23-33(24-26-36)40(9,10)11/h14-23,25-27,29,32-33,37H,2-3,6-7,13,24H2,1,4-5,8-12H3/b20-16-/t32-,33?,37?,41?/m0/s1. The summed E-state index contributed by atoms with van der Waals surface area (Å²) in [6.07, 6.45) is 18.8. The summed E-state index contributed by atoms with van der Waals surface area (Å²) in [6.45, 7) is 35.3. The van der Waals surface area contributed by atoms with Crippen molar-refractivity contribution in [2.45, 2.75) is 79.7 Å². The van der Waals surface area contributed by atoms with Gasteiger partial charge in [0.2, 0.25) is 0 Å². The molecule has 1 aromatic carbocycles. The zero-order valence-electron chi connectivity index (χ0n) is 28.4. The van der Waals surface area contributed by atoms with Crippen LogP contribution in [0.25, 0.3) is 0 Å². The molecule has 0 fully saturated rings. The van der Waals surface area contributed by atoms with Gasteiger partial charge >= 0.3 is 0 Å².